The fourth-order valence-corrected chi connectivity index (χ4v) is 3.82. The van der Waals surface area contributed by atoms with Crippen molar-refractivity contribution < 1.29 is 10.0 Å². The zero-order valence-electron chi connectivity index (χ0n) is 18.3. The minimum absolute atomic E-state index is 0.173. The van der Waals surface area contributed by atoms with E-state index in [0.717, 1.165) is 40.2 Å². The van der Waals surface area contributed by atoms with Crippen molar-refractivity contribution in [2.24, 2.45) is 0 Å². The summed E-state index contributed by atoms with van der Waals surface area (Å²) in [4.78, 5) is 27.0. The molecule has 0 saturated heterocycles. The summed E-state index contributed by atoms with van der Waals surface area (Å²) in [6, 6.07) is 17.9. The summed E-state index contributed by atoms with van der Waals surface area (Å²) >= 11 is 0. The van der Waals surface area contributed by atoms with Gasteiger partial charge < -0.3 is 4.90 Å². The third-order valence-corrected chi connectivity index (χ3v) is 5.52. The molecule has 0 unspecified atom stereocenters. The average molecular weight is 428 g/mol. The van der Waals surface area contributed by atoms with E-state index in [9.17, 15) is 4.79 Å². The van der Waals surface area contributed by atoms with Crippen LogP contribution in [-0.4, -0.2) is 33.1 Å². The average Bonchev–Trinajstić information content (AvgIpc) is 2.83. The number of anilines is 2. The van der Waals surface area contributed by atoms with Gasteiger partial charge in [0, 0.05) is 24.3 Å². The summed E-state index contributed by atoms with van der Waals surface area (Å²) in [6.07, 6.45) is 3.26. The lowest BCUT2D eigenvalue weighted by Gasteiger charge is -2.22. The van der Waals surface area contributed by atoms with Crippen LogP contribution in [0.15, 0.2) is 60.8 Å². The highest BCUT2D eigenvalue weighted by atomic mass is 16.5. The highest BCUT2D eigenvalue weighted by molar-refractivity contribution is 5.92. The minimum Gasteiger partial charge on any atom is -0.329 e. The van der Waals surface area contributed by atoms with Crippen LogP contribution in [-0.2, 0) is 12.8 Å². The summed E-state index contributed by atoms with van der Waals surface area (Å²) in [5, 5.41) is 9.77. The first kappa shape index (κ1) is 21.4. The van der Waals surface area contributed by atoms with E-state index in [1.165, 1.54) is 11.1 Å². The lowest BCUT2D eigenvalue weighted by Crippen LogP contribution is -2.19. The Labute approximate surface area is 186 Å². The van der Waals surface area contributed by atoms with Gasteiger partial charge in [0.1, 0.15) is 17.3 Å². The second kappa shape index (κ2) is 9.11. The van der Waals surface area contributed by atoms with Gasteiger partial charge in [0.05, 0.1) is 5.52 Å². The maximum atomic E-state index is 11.5. The topological polar surface area (TPSA) is 91.2 Å². The lowest BCUT2D eigenvalue weighted by atomic mass is 9.98. The monoisotopic (exact) mass is 427 g/mol. The van der Waals surface area contributed by atoms with Crippen molar-refractivity contribution in [3.8, 4) is 0 Å². The van der Waals surface area contributed by atoms with Crippen LogP contribution in [0.3, 0.4) is 0 Å². The summed E-state index contributed by atoms with van der Waals surface area (Å²) in [5.74, 6) is 0.972. The van der Waals surface area contributed by atoms with Gasteiger partial charge in [-0.25, -0.2) is 15.4 Å². The Morgan fingerprint density at radius 2 is 1.88 bits per heavy atom. The number of nitrogens with one attached hydrogen (secondary N) is 1. The normalized spacial score (nSPS) is 10.9. The van der Waals surface area contributed by atoms with E-state index in [1.807, 2.05) is 44.3 Å². The van der Waals surface area contributed by atoms with Crippen molar-refractivity contribution in [3.05, 3.63) is 89.0 Å². The summed E-state index contributed by atoms with van der Waals surface area (Å²) < 4.78 is 0. The number of aryl methyl sites for hydroxylation is 2. The molecular formula is C25H25N5O2. The Balaban J connectivity index is 1.69. The highest BCUT2D eigenvalue weighted by Crippen LogP contribution is 2.30. The van der Waals surface area contributed by atoms with E-state index in [4.69, 9.17) is 10.2 Å². The van der Waals surface area contributed by atoms with Crippen molar-refractivity contribution in [2.45, 2.75) is 26.7 Å². The third-order valence-electron chi connectivity index (χ3n) is 5.52. The molecule has 2 N–H and O–H groups in total. The van der Waals surface area contributed by atoms with Crippen molar-refractivity contribution in [3.63, 3.8) is 0 Å². The van der Waals surface area contributed by atoms with Crippen LogP contribution in [0.1, 0.15) is 39.9 Å². The molecule has 0 aliphatic rings. The first-order chi connectivity index (χ1) is 15.5. The smallest absolute Gasteiger partial charge is 0.293 e. The van der Waals surface area contributed by atoms with Crippen LogP contribution in [0.5, 0.6) is 0 Å². The van der Waals surface area contributed by atoms with Gasteiger partial charge in [-0.1, -0.05) is 31.2 Å². The molecule has 2 aromatic carbocycles. The van der Waals surface area contributed by atoms with Crippen LogP contribution < -0.4 is 10.4 Å². The molecule has 4 aromatic rings. The minimum atomic E-state index is -0.623. The number of fused-ring (bicyclic) bond motifs is 1. The van der Waals surface area contributed by atoms with Crippen LogP contribution in [0, 0.1) is 6.92 Å². The van der Waals surface area contributed by atoms with Gasteiger partial charge in [-0.05, 0) is 66.8 Å². The molecular weight excluding hydrogens is 402 g/mol. The van der Waals surface area contributed by atoms with Gasteiger partial charge in [-0.15, -0.1) is 0 Å². The first-order valence-electron chi connectivity index (χ1n) is 10.5. The number of carbonyl (C=O) groups is 1. The Morgan fingerprint density at radius 1 is 1.06 bits per heavy atom. The zero-order valence-corrected chi connectivity index (χ0v) is 18.3. The van der Waals surface area contributed by atoms with Gasteiger partial charge in [0.2, 0.25) is 0 Å². The standard InChI is InChI=1S/C25H25N5O2/c1-4-18-10-11-20(14-19(18)13-17-9-12-23(26-15-17)25(31)29-32)30(3)24-21-7-5-6-8-22(21)27-16(2)28-24/h5-12,14-15,32H,4,13H2,1-3H3,(H,29,31). The number of carbonyl (C=O) groups excluding carboxylic acids is 1. The van der Waals surface area contributed by atoms with Crippen LogP contribution in [0.4, 0.5) is 11.5 Å². The second-order valence-electron chi connectivity index (χ2n) is 7.65. The number of hydrogen-bond donors (Lipinski definition) is 2. The van der Waals surface area contributed by atoms with Gasteiger partial charge in [0.15, 0.2) is 0 Å². The molecule has 0 bridgehead atoms. The number of hydroxylamine groups is 1. The molecule has 7 nitrogen and oxygen atoms in total. The fourth-order valence-electron chi connectivity index (χ4n) is 3.82. The molecule has 162 valence electrons. The van der Waals surface area contributed by atoms with Gasteiger partial charge in [0.25, 0.3) is 5.91 Å². The number of hydrogen-bond acceptors (Lipinski definition) is 6. The molecule has 0 saturated carbocycles. The van der Waals surface area contributed by atoms with Crippen LogP contribution in [0.25, 0.3) is 10.9 Å². The van der Waals surface area contributed by atoms with E-state index in [-0.39, 0.29) is 5.69 Å². The van der Waals surface area contributed by atoms with E-state index in [2.05, 4.69) is 40.0 Å². The van der Waals surface area contributed by atoms with Crippen molar-refractivity contribution in [1.82, 2.24) is 20.4 Å². The molecule has 0 aliphatic heterocycles. The van der Waals surface area contributed by atoms with E-state index >= 15 is 0 Å². The number of rotatable bonds is 6. The summed E-state index contributed by atoms with van der Waals surface area (Å²) in [6.45, 7) is 4.04. The van der Waals surface area contributed by atoms with Crippen LogP contribution >= 0.6 is 0 Å². The summed E-state index contributed by atoms with van der Waals surface area (Å²) in [7, 11) is 2.02. The van der Waals surface area contributed by atoms with Gasteiger partial charge in [-0.3, -0.25) is 15.0 Å². The SMILES string of the molecule is CCc1ccc(N(C)c2nc(C)nc3ccccc23)cc1Cc1ccc(C(=O)NO)nc1. The Kier molecular flexibility index (Phi) is 6.09. The molecule has 2 heterocycles. The van der Waals surface area contributed by atoms with Gasteiger partial charge >= 0.3 is 0 Å². The van der Waals surface area contributed by atoms with E-state index in [0.29, 0.717) is 6.42 Å². The molecule has 0 fully saturated rings. The second-order valence-corrected chi connectivity index (χ2v) is 7.65. The number of para-hydroxylation sites is 1. The molecule has 7 heteroatoms. The third kappa shape index (κ3) is 4.29. The summed E-state index contributed by atoms with van der Waals surface area (Å²) in [5.41, 5.74) is 7.15. The van der Waals surface area contributed by atoms with Crippen molar-refractivity contribution in [1.29, 1.82) is 0 Å². The molecule has 0 radical (unpaired) electrons. The number of aromatic nitrogens is 3. The fraction of sp³-hybridized carbons (Fsp3) is 0.200. The maximum absolute atomic E-state index is 11.5. The largest absolute Gasteiger partial charge is 0.329 e. The zero-order chi connectivity index (χ0) is 22.7. The van der Waals surface area contributed by atoms with Crippen molar-refractivity contribution >= 4 is 28.3 Å². The number of nitrogens with zero attached hydrogens (tertiary/aromatic N) is 4. The highest BCUT2D eigenvalue weighted by Gasteiger charge is 2.14. The number of amides is 1. The Hall–Kier alpha value is -3.84. The van der Waals surface area contributed by atoms with Gasteiger partial charge in [-0.2, -0.15) is 0 Å². The maximum Gasteiger partial charge on any atom is 0.293 e. The Bertz CT molecular complexity index is 1270. The number of benzene rings is 2. The van der Waals surface area contributed by atoms with Crippen molar-refractivity contribution in [2.75, 3.05) is 11.9 Å². The molecule has 4 rings (SSSR count). The molecule has 2 aromatic heterocycles. The molecule has 1 amide bonds. The first-order valence-corrected chi connectivity index (χ1v) is 10.5. The predicted molar refractivity (Wildman–Crippen MR) is 124 cm³/mol. The molecule has 0 aliphatic carbocycles. The molecule has 32 heavy (non-hydrogen) atoms. The van der Waals surface area contributed by atoms with E-state index in [1.54, 1.807) is 17.7 Å². The quantitative estimate of drug-likeness (QED) is 0.351. The van der Waals surface area contributed by atoms with E-state index < -0.39 is 5.91 Å². The molecule has 0 spiro atoms. The Morgan fingerprint density at radius 3 is 2.59 bits per heavy atom. The lowest BCUT2D eigenvalue weighted by molar-refractivity contribution is 0.0700. The molecule has 0 atom stereocenters. The van der Waals surface area contributed by atoms with Crippen LogP contribution in [0.2, 0.25) is 0 Å². The number of pyridine rings is 1. The predicted octanol–water partition coefficient (Wildman–Crippen LogP) is 4.37.